The Morgan fingerprint density at radius 3 is 2.84 bits per heavy atom. The number of nitrogens with one attached hydrogen (secondary N) is 1. The van der Waals surface area contributed by atoms with Crippen molar-refractivity contribution in [3.63, 3.8) is 0 Å². The third-order valence-electron chi connectivity index (χ3n) is 4.43. The van der Waals surface area contributed by atoms with Gasteiger partial charge >= 0.3 is 0 Å². The lowest BCUT2D eigenvalue weighted by Gasteiger charge is -2.35. The first kappa shape index (κ1) is 19.2. The van der Waals surface area contributed by atoms with E-state index < -0.39 is 6.04 Å². The summed E-state index contributed by atoms with van der Waals surface area (Å²) in [6, 6.07) is 7.26. The number of benzene rings is 1. The van der Waals surface area contributed by atoms with E-state index in [0.717, 1.165) is 11.3 Å². The van der Waals surface area contributed by atoms with Crippen molar-refractivity contribution in [1.29, 1.82) is 0 Å². The fourth-order valence-corrected chi connectivity index (χ4v) is 2.90. The number of piperazine rings is 1. The van der Waals surface area contributed by atoms with Crippen molar-refractivity contribution in [3.05, 3.63) is 29.8 Å². The molecule has 1 heterocycles. The average Bonchev–Trinajstić information content (AvgIpc) is 2.62. The molecule has 1 aromatic rings. The second-order valence-electron chi connectivity index (χ2n) is 6.10. The summed E-state index contributed by atoms with van der Waals surface area (Å²) in [4.78, 5) is 28.4. The number of ether oxygens (including phenoxy) is 2. The molecule has 0 bridgehead atoms. The van der Waals surface area contributed by atoms with Crippen LogP contribution < -0.4 is 10.1 Å². The summed E-state index contributed by atoms with van der Waals surface area (Å²) in [7, 11) is 4.96. The van der Waals surface area contributed by atoms with Crippen molar-refractivity contribution in [1.82, 2.24) is 15.1 Å². The zero-order valence-corrected chi connectivity index (χ0v) is 15.2. The van der Waals surface area contributed by atoms with Gasteiger partial charge in [-0.3, -0.25) is 14.5 Å². The third kappa shape index (κ3) is 5.17. The highest BCUT2D eigenvalue weighted by Crippen LogP contribution is 2.22. The van der Waals surface area contributed by atoms with Crippen molar-refractivity contribution in [2.75, 3.05) is 47.5 Å². The maximum atomic E-state index is 12.4. The van der Waals surface area contributed by atoms with Gasteiger partial charge in [-0.1, -0.05) is 18.2 Å². The number of hydrogen-bond acceptors (Lipinski definition) is 5. The highest BCUT2D eigenvalue weighted by Gasteiger charge is 2.32. The van der Waals surface area contributed by atoms with Gasteiger partial charge in [0.1, 0.15) is 5.75 Å². The number of nitrogens with zero attached hydrogens (tertiary/aromatic N) is 2. The van der Waals surface area contributed by atoms with Crippen LogP contribution in [0.15, 0.2) is 24.3 Å². The first-order valence-corrected chi connectivity index (χ1v) is 8.43. The van der Waals surface area contributed by atoms with E-state index in [1.165, 1.54) is 0 Å². The first-order chi connectivity index (χ1) is 12.1. The van der Waals surface area contributed by atoms with Gasteiger partial charge in [0, 0.05) is 45.9 Å². The van der Waals surface area contributed by atoms with Gasteiger partial charge in [-0.15, -0.1) is 0 Å². The number of amides is 2. The number of rotatable bonds is 8. The largest absolute Gasteiger partial charge is 0.496 e. The molecule has 25 heavy (non-hydrogen) atoms. The van der Waals surface area contributed by atoms with Crippen LogP contribution >= 0.6 is 0 Å². The monoisotopic (exact) mass is 349 g/mol. The van der Waals surface area contributed by atoms with Gasteiger partial charge in [0.2, 0.25) is 11.8 Å². The van der Waals surface area contributed by atoms with Crippen LogP contribution in [0, 0.1) is 0 Å². The zero-order valence-electron chi connectivity index (χ0n) is 15.2. The maximum Gasteiger partial charge on any atom is 0.237 e. The van der Waals surface area contributed by atoms with Crippen LogP contribution in [0.2, 0.25) is 0 Å². The second-order valence-corrected chi connectivity index (χ2v) is 6.10. The molecule has 0 unspecified atom stereocenters. The number of hydrogen-bond donors (Lipinski definition) is 1. The molecule has 1 atom stereocenters. The Labute approximate surface area is 148 Å². The zero-order chi connectivity index (χ0) is 18.2. The summed E-state index contributed by atoms with van der Waals surface area (Å²) >= 11 is 0. The van der Waals surface area contributed by atoms with Crippen molar-refractivity contribution in [3.8, 4) is 5.75 Å². The maximum absolute atomic E-state index is 12.4. The van der Waals surface area contributed by atoms with Gasteiger partial charge in [0.15, 0.2) is 0 Å². The van der Waals surface area contributed by atoms with E-state index >= 15 is 0 Å². The molecule has 0 radical (unpaired) electrons. The van der Waals surface area contributed by atoms with Gasteiger partial charge in [0.25, 0.3) is 0 Å². The molecule has 1 saturated heterocycles. The van der Waals surface area contributed by atoms with Crippen molar-refractivity contribution in [2.24, 2.45) is 0 Å². The van der Waals surface area contributed by atoms with Gasteiger partial charge in [-0.25, -0.2) is 0 Å². The van der Waals surface area contributed by atoms with Gasteiger partial charge in [0.05, 0.1) is 26.2 Å². The van der Waals surface area contributed by atoms with Crippen LogP contribution in [-0.2, 0) is 20.9 Å². The summed E-state index contributed by atoms with van der Waals surface area (Å²) in [5.74, 6) is 0.620. The summed E-state index contributed by atoms with van der Waals surface area (Å²) in [5.41, 5.74) is 1.00. The molecule has 1 fully saturated rings. The minimum Gasteiger partial charge on any atom is -0.496 e. The molecule has 1 aromatic carbocycles. The summed E-state index contributed by atoms with van der Waals surface area (Å²) in [6.07, 6.45) is 0.154. The second kappa shape index (κ2) is 9.39. The molecule has 7 heteroatoms. The predicted octanol–water partition coefficient (Wildman–Crippen LogP) is 0.491. The normalized spacial score (nSPS) is 17.9. The lowest BCUT2D eigenvalue weighted by Crippen LogP contribution is -2.56. The number of carbonyl (C=O) groups excluding carboxylic acids is 2. The molecule has 1 N–H and O–H groups in total. The molecule has 0 aromatic heterocycles. The summed E-state index contributed by atoms with van der Waals surface area (Å²) in [6.45, 7) is 2.83. The lowest BCUT2D eigenvalue weighted by atomic mass is 10.1. The Morgan fingerprint density at radius 1 is 1.36 bits per heavy atom. The molecule has 0 spiro atoms. The molecule has 7 nitrogen and oxygen atoms in total. The number of carbonyl (C=O) groups is 2. The molecule has 1 aliphatic rings. The Kier molecular flexibility index (Phi) is 7.21. The van der Waals surface area contributed by atoms with E-state index in [9.17, 15) is 9.59 Å². The summed E-state index contributed by atoms with van der Waals surface area (Å²) < 4.78 is 10.4. The fourth-order valence-electron chi connectivity index (χ4n) is 2.90. The SMILES string of the molecule is COCCN(C)C(=O)C[C@H]1C(=O)NCCN1Cc1ccccc1OC. The van der Waals surface area contributed by atoms with E-state index in [2.05, 4.69) is 5.32 Å². The van der Waals surface area contributed by atoms with E-state index in [1.54, 1.807) is 26.2 Å². The van der Waals surface area contributed by atoms with E-state index in [-0.39, 0.29) is 18.2 Å². The molecule has 0 aliphatic carbocycles. The minimum absolute atomic E-state index is 0.0656. The number of likely N-dealkylation sites (N-methyl/N-ethyl adjacent to an activating group) is 1. The Bertz CT molecular complexity index is 593. The first-order valence-electron chi connectivity index (χ1n) is 8.43. The lowest BCUT2D eigenvalue weighted by molar-refractivity contribution is -0.138. The highest BCUT2D eigenvalue weighted by atomic mass is 16.5. The molecule has 138 valence electrons. The van der Waals surface area contributed by atoms with Crippen LogP contribution in [0.3, 0.4) is 0 Å². The van der Waals surface area contributed by atoms with E-state index in [0.29, 0.717) is 32.8 Å². The van der Waals surface area contributed by atoms with Gasteiger partial charge in [-0.2, -0.15) is 0 Å². The smallest absolute Gasteiger partial charge is 0.237 e. The van der Waals surface area contributed by atoms with Crippen LogP contribution in [0.5, 0.6) is 5.75 Å². The average molecular weight is 349 g/mol. The quantitative estimate of drug-likeness (QED) is 0.740. The van der Waals surface area contributed by atoms with E-state index in [1.807, 2.05) is 29.2 Å². The van der Waals surface area contributed by atoms with E-state index in [4.69, 9.17) is 9.47 Å². The van der Waals surface area contributed by atoms with Crippen molar-refractivity contribution >= 4 is 11.8 Å². The molecule has 2 amide bonds. The number of para-hydroxylation sites is 1. The molecule has 2 rings (SSSR count). The van der Waals surface area contributed by atoms with Gasteiger partial charge in [-0.05, 0) is 6.07 Å². The van der Waals surface area contributed by atoms with Crippen LogP contribution in [0.1, 0.15) is 12.0 Å². The topological polar surface area (TPSA) is 71.1 Å². The third-order valence-corrected chi connectivity index (χ3v) is 4.43. The van der Waals surface area contributed by atoms with Gasteiger partial charge < -0.3 is 19.7 Å². The van der Waals surface area contributed by atoms with Crippen molar-refractivity contribution < 1.29 is 19.1 Å². The number of methoxy groups -OCH3 is 2. The molecular weight excluding hydrogens is 322 g/mol. The highest BCUT2D eigenvalue weighted by molar-refractivity contribution is 5.88. The van der Waals surface area contributed by atoms with Crippen LogP contribution in [0.4, 0.5) is 0 Å². The minimum atomic E-state index is -0.476. The predicted molar refractivity (Wildman–Crippen MR) is 94.3 cm³/mol. The fraction of sp³-hybridized carbons (Fsp3) is 0.556. The molecular formula is C18H27N3O4. The Hall–Kier alpha value is -2.12. The molecule has 1 aliphatic heterocycles. The Balaban J connectivity index is 2.07. The van der Waals surface area contributed by atoms with Crippen molar-refractivity contribution in [2.45, 2.75) is 19.0 Å². The molecule has 0 saturated carbocycles. The standard InChI is InChI=1S/C18H27N3O4/c1-20(10-11-24-2)17(22)12-15-18(23)19-8-9-21(15)13-14-6-4-5-7-16(14)25-3/h4-7,15H,8-13H2,1-3H3,(H,19,23)/t15-/m0/s1. The summed E-state index contributed by atoms with van der Waals surface area (Å²) in [5, 5.41) is 2.86. The van der Waals surface area contributed by atoms with Crippen LogP contribution in [0.25, 0.3) is 0 Å². The van der Waals surface area contributed by atoms with Crippen LogP contribution in [-0.4, -0.2) is 75.2 Å². The Morgan fingerprint density at radius 2 is 2.12 bits per heavy atom.